The summed E-state index contributed by atoms with van der Waals surface area (Å²) in [5, 5.41) is 2.58. The van der Waals surface area contributed by atoms with Crippen LogP contribution < -0.4 is 11.1 Å². The monoisotopic (exact) mass is 363 g/mol. The maximum atomic E-state index is 12.7. The van der Waals surface area contributed by atoms with Gasteiger partial charge in [-0.15, -0.1) is 0 Å². The number of pyridine rings is 2. The van der Waals surface area contributed by atoms with Crippen molar-refractivity contribution in [3.8, 4) is 11.3 Å². The number of nitrogens with two attached hydrogens (primary N) is 1. The number of carbonyl (C=O) groups is 3. The van der Waals surface area contributed by atoms with Gasteiger partial charge in [0.05, 0.1) is 11.3 Å². The molecule has 0 radical (unpaired) electrons. The lowest BCUT2D eigenvalue weighted by atomic mass is 10.0. The molecule has 3 aromatic rings. The zero-order valence-electron chi connectivity index (χ0n) is 14.3. The van der Waals surface area contributed by atoms with Crippen molar-refractivity contribution in [2.75, 3.05) is 0 Å². The van der Waals surface area contributed by atoms with Crippen molar-refractivity contribution in [3.05, 3.63) is 72.4 Å². The fourth-order valence-corrected chi connectivity index (χ4v) is 2.63. The lowest BCUT2D eigenvalue weighted by molar-refractivity contribution is -0.137. The van der Waals surface area contributed by atoms with E-state index >= 15 is 0 Å². The van der Waals surface area contributed by atoms with E-state index in [4.69, 9.17) is 5.73 Å². The highest BCUT2D eigenvalue weighted by Crippen LogP contribution is 2.21. The maximum Gasteiger partial charge on any atom is 0.287 e. The molecule has 0 aromatic carbocycles. The Hall–Kier alpha value is -3.81. The molecule has 0 saturated heterocycles. The minimum absolute atomic E-state index is 0.0533. The van der Waals surface area contributed by atoms with E-state index in [2.05, 4.69) is 20.3 Å². The summed E-state index contributed by atoms with van der Waals surface area (Å²) in [5.41, 5.74) is 7.17. The van der Waals surface area contributed by atoms with E-state index in [-0.39, 0.29) is 6.42 Å². The summed E-state index contributed by atoms with van der Waals surface area (Å²) in [7, 11) is 0. The molecule has 8 heteroatoms. The maximum absolute atomic E-state index is 12.7. The minimum Gasteiger partial charge on any atom is -0.366 e. The molecule has 2 amide bonds. The van der Waals surface area contributed by atoms with Gasteiger partial charge in [0.2, 0.25) is 5.78 Å². The van der Waals surface area contributed by atoms with E-state index in [0.29, 0.717) is 22.5 Å². The normalized spacial score (nSPS) is 11.6. The van der Waals surface area contributed by atoms with E-state index in [0.717, 1.165) is 0 Å². The highest BCUT2D eigenvalue weighted by molar-refractivity contribution is 6.38. The van der Waals surface area contributed by atoms with Crippen LogP contribution in [0.25, 0.3) is 11.3 Å². The molecule has 0 spiro atoms. The Balaban J connectivity index is 1.84. The van der Waals surface area contributed by atoms with Gasteiger partial charge in [0.25, 0.3) is 11.8 Å². The minimum atomic E-state index is -1.12. The number of aromatic amines is 1. The van der Waals surface area contributed by atoms with Gasteiger partial charge >= 0.3 is 0 Å². The number of aromatic nitrogens is 3. The van der Waals surface area contributed by atoms with E-state index in [9.17, 15) is 14.4 Å². The second kappa shape index (κ2) is 8.05. The number of hydrogen-bond acceptors (Lipinski definition) is 5. The first-order valence-corrected chi connectivity index (χ1v) is 8.19. The van der Waals surface area contributed by atoms with Crippen LogP contribution in [-0.4, -0.2) is 38.6 Å². The average molecular weight is 363 g/mol. The van der Waals surface area contributed by atoms with Crippen LogP contribution in [0, 0.1) is 0 Å². The average Bonchev–Trinajstić information content (AvgIpc) is 3.18. The van der Waals surface area contributed by atoms with Crippen LogP contribution in [0.3, 0.4) is 0 Å². The van der Waals surface area contributed by atoms with Gasteiger partial charge < -0.3 is 16.0 Å². The van der Waals surface area contributed by atoms with Crippen LogP contribution in [-0.2, 0) is 16.0 Å². The predicted molar refractivity (Wildman–Crippen MR) is 97.4 cm³/mol. The molecule has 3 aromatic heterocycles. The van der Waals surface area contributed by atoms with Crippen LogP contribution in [0.1, 0.15) is 16.1 Å². The van der Waals surface area contributed by atoms with Crippen LogP contribution in [0.5, 0.6) is 0 Å². The summed E-state index contributed by atoms with van der Waals surface area (Å²) in [4.78, 5) is 47.5. The number of Topliss-reactive ketones (excluding diaryl/α,β-unsaturated/α-hetero) is 1. The molecule has 1 atom stereocenters. The molecule has 3 rings (SSSR count). The number of ketones is 1. The van der Waals surface area contributed by atoms with Crippen molar-refractivity contribution in [1.29, 1.82) is 0 Å². The smallest absolute Gasteiger partial charge is 0.287 e. The van der Waals surface area contributed by atoms with Gasteiger partial charge in [0.1, 0.15) is 6.04 Å². The van der Waals surface area contributed by atoms with E-state index < -0.39 is 23.6 Å². The lowest BCUT2D eigenvalue weighted by Crippen LogP contribution is -2.47. The highest BCUT2D eigenvalue weighted by Gasteiger charge is 2.27. The third-order valence-corrected chi connectivity index (χ3v) is 3.94. The summed E-state index contributed by atoms with van der Waals surface area (Å²) in [6, 6.07) is 9.40. The lowest BCUT2D eigenvalue weighted by Gasteiger charge is -2.16. The Morgan fingerprint density at radius 3 is 2.41 bits per heavy atom. The fourth-order valence-electron chi connectivity index (χ4n) is 2.63. The van der Waals surface area contributed by atoms with Gasteiger partial charge in [0, 0.05) is 42.5 Å². The number of carbonyl (C=O) groups excluding carboxylic acids is 3. The summed E-state index contributed by atoms with van der Waals surface area (Å²) in [5.74, 6) is -2.52. The Morgan fingerprint density at radius 1 is 1.04 bits per heavy atom. The summed E-state index contributed by atoms with van der Waals surface area (Å²) in [6.07, 6.45) is 6.38. The highest BCUT2D eigenvalue weighted by atomic mass is 16.2. The first-order valence-electron chi connectivity index (χ1n) is 8.19. The number of rotatable bonds is 7. The van der Waals surface area contributed by atoms with Crippen LogP contribution >= 0.6 is 0 Å². The van der Waals surface area contributed by atoms with E-state index in [1.807, 2.05) is 0 Å². The van der Waals surface area contributed by atoms with Gasteiger partial charge in [-0.1, -0.05) is 12.1 Å². The Kier molecular flexibility index (Phi) is 5.36. The summed E-state index contributed by atoms with van der Waals surface area (Å²) >= 11 is 0. The number of nitrogens with zero attached hydrogens (tertiary/aromatic N) is 2. The second-order valence-electron chi connectivity index (χ2n) is 5.78. The molecular weight excluding hydrogens is 346 g/mol. The summed E-state index contributed by atoms with van der Waals surface area (Å²) in [6.45, 7) is 0. The largest absolute Gasteiger partial charge is 0.366 e. The van der Waals surface area contributed by atoms with E-state index in [1.54, 1.807) is 55.0 Å². The Labute approximate surface area is 154 Å². The van der Waals surface area contributed by atoms with Crippen LogP contribution in [0.4, 0.5) is 0 Å². The van der Waals surface area contributed by atoms with Crippen LogP contribution in [0.15, 0.2) is 61.2 Å². The molecule has 136 valence electrons. The van der Waals surface area contributed by atoms with Crippen molar-refractivity contribution in [2.24, 2.45) is 5.73 Å². The molecule has 1 unspecified atom stereocenters. The number of primary amides is 1. The zero-order chi connectivity index (χ0) is 19.2. The third kappa shape index (κ3) is 4.24. The first-order chi connectivity index (χ1) is 13.1. The van der Waals surface area contributed by atoms with Crippen molar-refractivity contribution in [1.82, 2.24) is 20.3 Å². The van der Waals surface area contributed by atoms with Crippen molar-refractivity contribution < 1.29 is 14.4 Å². The van der Waals surface area contributed by atoms with Gasteiger partial charge in [-0.05, 0) is 24.3 Å². The molecule has 27 heavy (non-hydrogen) atoms. The zero-order valence-corrected chi connectivity index (χ0v) is 14.3. The molecule has 0 aliphatic heterocycles. The molecule has 8 nitrogen and oxygen atoms in total. The predicted octanol–water partition coefficient (Wildman–Crippen LogP) is 0.867. The number of amides is 2. The molecule has 0 saturated carbocycles. The molecule has 0 aliphatic carbocycles. The second-order valence-corrected chi connectivity index (χ2v) is 5.78. The number of nitrogens with one attached hydrogen (secondary N) is 2. The van der Waals surface area contributed by atoms with Gasteiger partial charge in [-0.25, -0.2) is 0 Å². The van der Waals surface area contributed by atoms with Crippen molar-refractivity contribution >= 4 is 17.6 Å². The summed E-state index contributed by atoms with van der Waals surface area (Å²) < 4.78 is 0. The van der Waals surface area contributed by atoms with Crippen LogP contribution in [0.2, 0.25) is 0 Å². The quantitative estimate of drug-likeness (QED) is 0.536. The third-order valence-electron chi connectivity index (χ3n) is 3.94. The van der Waals surface area contributed by atoms with Crippen molar-refractivity contribution in [2.45, 2.75) is 12.5 Å². The molecule has 0 aliphatic rings. The molecule has 4 N–H and O–H groups in total. The molecule has 0 fully saturated rings. The van der Waals surface area contributed by atoms with E-state index in [1.165, 1.54) is 6.20 Å². The van der Waals surface area contributed by atoms with Crippen molar-refractivity contribution in [3.63, 3.8) is 0 Å². The van der Waals surface area contributed by atoms with Gasteiger partial charge in [-0.3, -0.25) is 24.4 Å². The Morgan fingerprint density at radius 2 is 1.78 bits per heavy atom. The SMILES string of the molecule is NC(=O)C(=O)C(Cc1ccccn1)NC(=O)c1c[nH]cc1-c1ccccn1. The molecule has 3 heterocycles. The standard InChI is InChI=1S/C19H17N5O3/c20-18(26)17(25)16(9-12-5-1-3-7-22-12)24-19(27)14-11-21-10-13(14)15-6-2-4-8-23-15/h1-8,10-11,16,21H,9H2,(H2,20,26)(H,24,27). The number of H-pyrrole nitrogens is 1. The Bertz CT molecular complexity index is 954. The molecular formula is C19H17N5O3. The fraction of sp³-hybridized carbons (Fsp3) is 0.105. The first kappa shape index (κ1) is 18.0. The van der Waals surface area contributed by atoms with Gasteiger partial charge in [-0.2, -0.15) is 0 Å². The molecule has 0 bridgehead atoms. The topological polar surface area (TPSA) is 131 Å². The number of hydrogen-bond donors (Lipinski definition) is 3. The van der Waals surface area contributed by atoms with Gasteiger partial charge in [0.15, 0.2) is 0 Å².